The third-order valence-corrected chi connectivity index (χ3v) is 4.97. The average Bonchev–Trinajstić information content (AvgIpc) is 2.56. The Hall–Kier alpha value is -1.20. The highest BCUT2D eigenvalue weighted by Crippen LogP contribution is 2.36. The predicted octanol–water partition coefficient (Wildman–Crippen LogP) is 4.38. The maximum Gasteiger partial charge on any atom is 0.112 e. The van der Waals surface area contributed by atoms with E-state index in [1.165, 1.54) is 0 Å². The van der Waals surface area contributed by atoms with E-state index in [0.29, 0.717) is 6.61 Å². The standard InChI is InChI=1S/C16H23N3O2S/c1-4-13-15(20-10-12-8-6-5-7-9-12)11(2)14(18-19-17)16(21-13)22-3/h5-9,11,13-16H,4,10H2,1-3H3/t11-,13?,14+,15+,16?/m1/s1. The van der Waals surface area contributed by atoms with Crippen LogP contribution >= 0.6 is 11.8 Å². The predicted molar refractivity (Wildman–Crippen MR) is 89.6 cm³/mol. The van der Waals surface area contributed by atoms with E-state index >= 15 is 0 Å². The Morgan fingerprint density at radius 1 is 1.36 bits per heavy atom. The zero-order valence-electron chi connectivity index (χ0n) is 13.3. The van der Waals surface area contributed by atoms with Crippen LogP contribution in [-0.4, -0.2) is 29.9 Å². The SMILES string of the molecule is CCC1OC(SC)[C@@H](N=[N+]=[N-])[C@@H](C)[C@@H]1OCc1ccccc1. The maximum atomic E-state index is 8.82. The lowest BCUT2D eigenvalue weighted by Gasteiger charge is -2.43. The molecule has 0 radical (unpaired) electrons. The van der Waals surface area contributed by atoms with Crippen LogP contribution in [0.4, 0.5) is 0 Å². The molecule has 5 nitrogen and oxygen atoms in total. The minimum atomic E-state index is -0.205. The Kier molecular flexibility index (Phi) is 6.58. The summed E-state index contributed by atoms with van der Waals surface area (Å²) in [6.45, 7) is 4.73. The quantitative estimate of drug-likeness (QED) is 0.443. The normalized spacial score (nSPS) is 31.5. The molecule has 1 aromatic rings. The molecule has 2 rings (SSSR count). The highest BCUT2D eigenvalue weighted by atomic mass is 32.2. The number of ether oxygens (including phenoxy) is 2. The molecule has 1 heterocycles. The Bertz CT molecular complexity index is 507. The van der Waals surface area contributed by atoms with Crippen molar-refractivity contribution in [3.8, 4) is 0 Å². The second kappa shape index (κ2) is 8.44. The topological polar surface area (TPSA) is 67.2 Å². The molecule has 1 fully saturated rings. The summed E-state index contributed by atoms with van der Waals surface area (Å²) in [6.07, 6.45) is 2.82. The van der Waals surface area contributed by atoms with Gasteiger partial charge in [-0.1, -0.05) is 49.3 Å². The van der Waals surface area contributed by atoms with Crippen LogP contribution in [-0.2, 0) is 16.1 Å². The van der Waals surface area contributed by atoms with Crippen molar-refractivity contribution in [1.29, 1.82) is 0 Å². The van der Waals surface area contributed by atoms with E-state index < -0.39 is 0 Å². The number of hydrogen-bond acceptors (Lipinski definition) is 4. The lowest BCUT2D eigenvalue weighted by atomic mass is 9.89. The first-order valence-corrected chi connectivity index (χ1v) is 8.88. The van der Waals surface area contributed by atoms with E-state index in [1.54, 1.807) is 11.8 Å². The van der Waals surface area contributed by atoms with Gasteiger partial charge in [0.25, 0.3) is 0 Å². The Morgan fingerprint density at radius 2 is 2.09 bits per heavy atom. The van der Waals surface area contributed by atoms with Crippen LogP contribution in [0.15, 0.2) is 35.4 Å². The molecule has 1 aromatic carbocycles. The number of azide groups is 1. The van der Waals surface area contributed by atoms with E-state index in [-0.39, 0.29) is 29.6 Å². The van der Waals surface area contributed by atoms with Crippen LogP contribution in [0.3, 0.4) is 0 Å². The fourth-order valence-corrected chi connectivity index (χ4v) is 3.71. The number of thioether (sulfide) groups is 1. The van der Waals surface area contributed by atoms with Gasteiger partial charge >= 0.3 is 0 Å². The van der Waals surface area contributed by atoms with Gasteiger partial charge in [-0.25, -0.2) is 0 Å². The van der Waals surface area contributed by atoms with Gasteiger partial charge in [-0.15, -0.1) is 11.8 Å². The van der Waals surface area contributed by atoms with Crippen LogP contribution < -0.4 is 0 Å². The number of hydrogen-bond donors (Lipinski definition) is 0. The summed E-state index contributed by atoms with van der Waals surface area (Å²) in [5.74, 6) is 0.121. The van der Waals surface area contributed by atoms with Crippen LogP contribution in [0, 0.1) is 5.92 Å². The van der Waals surface area contributed by atoms with Crippen LogP contribution in [0.5, 0.6) is 0 Å². The lowest BCUT2D eigenvalue weighted by Crippen LogP contribution is -2.51. The highest BCUT2D eigenvalue weighted by Gasteiger charge is 2.42. The van der Waals surface area contributed by atoms with Gasteiger partial charge in [-0.05, 0) is 29.7 Å². The molecule has 0 spiro atoms. The van der Waals surface area contributed by atoms with Crippen molar-refractivity contribution in [2.45, 2.75) is 50.6 Å². The van der Waals surface area contributed by atoms with Crippen LogP contribution in [0.2, 0.25) is 0 Å². The van der Waals surface area contributed by atoms with E-state index in [0.717, 1.165) is 12.0 Å². The molecule has 2 unspecified atom stereocenters. The van der Waals surface area contributed by atoms with Gasteiger partial charge in [0.1, 0.15) is 5.44 Å². The van der Waals surface area contributed by atoms with Gasteiger partial charge in [0, 0.05) is 4.91 Å². The molecule has 120 valence electrons. The smallest absolute Gasteiger partial charge is 0.112 e. The molecular formula is C16H23N3O2S. The van der Waals surface area contributed by atoms with Gasteiger partial charge in [-0.3, -0.25) is 0 Å². The zero-order valence-corrected chi connectivity index (χ0v) is 14.1. The number of benzene rings is 1. The lowest BCUT2D eigenvalue weighted by molar-refractivity contribution is -0.153. The summed E-state index contributed by atoms with van der Waals surface area (Å²) in [4.78, 5) is 2.99. The molecule has 0 saturated carbocycles. The highest BCUT2D eigenvalue weighted by molar-refractivity contribution is 7.99. The molecule has 0 aliphatic carbocycles. The molecule has 0 amide bonds. The van der Waals surface area contributed by atoms with Gasteiger partial charge < -0.3 is 9.47 Å². The van der Waals surface area contributed by atoms with Crippen molar-refractivity contribution >= 4 is 11.8 Å². The molecular weight excluding hydrogens is 298 g/mol. The third-order valence-electron chi connectivity index (χ3n) is 4.12. The third kappa shape index (κ3) is 3.96. The summed E-state index contributed by atoms with van der Waals surface area (Å²) in [7, 11) is 0. The van der Waals surface area contributed by atoms with Crippen molar-refractivity contribution in [2.75, 3.05) is 6.26 Å². The Labute approximate surface area is 136 Å². The van der Waals surface area contributed by atoms with Gasteiger partial charge in [0.15, 0.2) is 0 Å². The molecule has 6 heteroatoms. The Balaban J connectivity index is 2.10. The molecule has 0 N–H and O–H groups in total. The van der Waals surface area contributed by atoms with Crippen molar-refractivity contribution in [3.63, 3.8) is 0 Å². The van der Waals surface area contributed by atoms with Crippen LogP contribution in [0.25, 0.3) is 10.4 Å². The second-order valence-corrected chi connectivity index (χ2v) is 6.44. The first kappa shape index (κ1) is 17.2. The molecule has 0 bridgehead atoms. The zero-order chi connectivity index (χ0) is 15.9. The number of rotatable bonds is 6. The largest absolute Gasteiger partial charge is 0.371 e. The monoisotopic (exact) mass is 321 g/mol. The fraction of sp³-hybridized carbons (Fsp3) is 0.625. The molecule has 0 aromatic heterocycles. The summed E-state index contributed by atoms with van der Waals surface area (Å²) >= 11 is 1.59. The molecule has 1 saturated heterocycles. The van der Waals surface area contributed by atoms with Crippen molar-refractivity contribution in [2.24, 2.45) is 11.0 Å². The van der Waals surface area contributed by atoms with Gasteiger partial charge in [-0.2, -0.15) is 0 Å². The average molecular weight is 321 g/mol. The van der Waals surface area contributed by atoms with Crippen LogP contribution in [0.1, 0.15) is 25.8 Å². The molecule has 22 heavy (non-hydrogen) atoms. The molecule has 1 aliphatic rings. The minimum absolute atomic E-state index is 0.0290. The fourth-order valence-electron chi connectivity index (χ4n) is 2.88. The van der Waals surface area contributed by atoms with Gasteiger partial charge in [0.05, 0.1) is 24.9 Å². The first-order valence-electron chi connectivity index (χ1n) is 7.59. The van der Waals surface area contributed by atoms with Gasteiger partial charge in [0.2, 0.25) is 0 Å². The second-order valence-electron chi connectivity index (χ2n) is 5.50. The summed E-state index contributed by atoms with van der Waals surface area (Å²) in [5, 5.41) is 3.95. The first-order chi connectivity index (χ1) is 10.7. The summed E-state index contributed by atoms with van der Waals surface area (Å²) in [6, 6.07) is 9.89. The Morgan fingerprint density at radius 3 is 2.68 bits per heavy atom. The van der Waals surface area contributed by atoms with E-state index in [9.17, 15) is 0 Å². The van der Waals surface area contributed by atoms with Crippen molar-refractivity contribution in [3.05, 3.63) is 46.3 Å². The maximum absolute atomic E-state index is 8.82. The molecule has 1 aliphatic heterocycles. The minimum Gasteiger partial charge on any atom is -0.371 e. The number of nitrogens with zero attached hydrogens (tertiary/aromatic N) is 3. The molecule has 5 atom stereocenters. The van der Waals surface area contributed by atoms with Crippen molar-refractivity contribution in [1.82, 2.24) is 0 Å². The van der Waals surface area contributed by atoms with E-state index in [1.807, 2.05) is 36.6 Å². The van der Waals surface area contributed by atoms with E-state index in [2.05, 4.69) is 23.9 Å². The van der Waals surface area contributed by atoms with Crippen molar-refractivity contribution < 1.29 is 9.47 Å². The van der Waals surface area contributed by atoms with E-state index in [4.69, 9.17) is 15.0 Å². The summed E-state index contributed by atoms with van der Waals surface area (Å²) in [5.41, 5.74) is 9.85. The summed E-state index contributed by atoms with van der Waals surface area (Å²) < 4.78 is 12.2.